The van der Waals surface area contributed by atoms with E-state index in [4.69, 9.17) is 0 Å². The molecule has 23 heavy (non-hydrogen) atoms. The first-order valence-corrected chi connectivity index (χ1v) is 8.69. The number of nitrogens with one attached hydrogen (secondary N) is 1. The average molecular weight is 330 g/mol. The first-order chi connectivity index (χ1) is 11.2. The summed E-state index contributed by atoms with van der Waals surface area (Å²) in [6, 6.07) is 10.1. The molecule has 1 aromatic heterocycles. The van der Waals surface area contributed by atoms with Crippen molar-refractivity contribution in [1.29, 1.82) is 0 Å². The molecule has 0 bridgehead atoms. The fourth-order valence-electron chi connectivity index (χ4n) is 2.17. The molecule has 0 aliphatic heterocycles. The minimum Gasteiger partial charge on any atom is -0.355 e. The molecular weight excluding hydrogens is 308 g/mol. The van der Waals surface area contributed by atoms with Crippen LogP contribution in [0.1, 0.15) is 18.3 Å². The van der Waals surface area contributed by atoms with Gasteiger partial charge < -0.3 is 9.88 Å². The SMILES string of the molecule is C=CCn1c(CC)nnc1SCC(=O)NCCc1ccccc1. The van der Waals surface area contributed by atoms with E-state index in [-0.39, 0.29) is 5.91 Å². The molecule has 0 atom stereocenters. The molecule has 1 amide bonds. The van der Waals surface area contributed by atoms with Crippen molar-refractivity contribution < 1.29 is 4.79 Å². The van der Waals surface area contributed by atoms with Crippen LogP contribution >= 0.6 is 11.8 Å². The number of carbonyl (C=O) groups excluding carboxylic acids is 1. The fraction of sp³-hybridized carbons (Fsp3) is 0.353. The van der Waals surface area contributed by atoms with Gasteiger partial charge in [-0.3, -0.25) is 4.79 Å². The molecule has 2 rings (SSSR count). The topological polar surface area (TPSA) is 59.8 Å². The summed E-state index contributed by atoms with van der Waals surface area (Å²) in [6.45, 7) is 7.09. The average Bonchev–Trinajstić information content (AvgIpc) is 2.96. The zero-order chi connectivity index (χ0) is 16.5. The Labute approximate surface area is 141 Å². The number of carbonyl (C=O) groups is 1. The Balaban J connectivity index is 1.78. The molecule has 0 aliphatic rings. The lowest BCUT2D eigenvalue weighted by Crippen LogP contribution is -2.27. The molecule has 6 heteroatoms. The molecule has 0 radical (unpaired) electrons. The van der Waals surface area contributed by atoms with Crippen molar-refractivity contribution in [3.05, 3.63) is 54.4 Å². The molecule has 0 spiro atoms. The summed E-state index contributed by atoms with van der Waals surface area (Å²) in [4.78, 5) is 11.9. The summed E-state index contributed by atoms with van der Waals surface area (Å²) in [5.74, 6) is 1.27. The second-order valence-corrected chi connectivity index (χ2v) is 5.97. The Morgan fingerprint density at radius 2 is 2.13 bits per heavy atom. The summed E-state index contributed by atoms with van der Waals surface area (Å²) >= 11 is 1.41. The van der Waals surface area contributed by atoms with Gasteiger partial charge in [0.05, 0.1) is 5.75 Å². The van der Waals surface area contributed by atoms with E-state index in [1.807, 2.05) is 35.8 Å². The first kappa shape index (κ1) is 17.3. The van der Waals surface area contributed by atoms with Crippen LogP contribution in [0.2, 0.25) is 0 Å². The second kappa shape index (κ2) is 9.15. The standard InChI is InChI=1S/C17H22N4OS/c1-3-12-21-15(4-2)19-20-17(21)23-13-16(22)18-11-10-14-8-6-5-7-9-14/h3,5-9H,1,4,10-13H2,2H3,(H,18,22). The van der Waals surface area contributed by atoms with Crippen molar-refractivity contribution in [2.24, 2.45) is 0 Å². The third-order valence-electron chi connectivity index (χ3n) is 3.33. The number of aromatic nitrogens is 3. The van der Waals surface area contributed by atoms with E-state index in [0.29, 0.717) is 18.8 Å². The summed E-state index contributed by atoms with van der Waals surface area (Å²) in [5, 5.41) is 12.0. The predicted molar refractivity (Wildman–Crippen MR) is 93.5 cm³/mol. The smallest absolute Gasteiger partial charge is 0.230 e. The highest BCUT2D eigenvalue weighted by Crippen LogP contribution is 2.17. The minimum absolute atomic E-state index is 0.0112. The number of hydrogen-bond donors (Lipinski definition) is 1. The van der Waals surface area contributed by atoms with Gasteiger partial charge in [-0.2, -0.15) is 0 Å². The quantitative estimate of drug-likeness (QED) is 0.567. The van der Waals surface area contributed by atoms with Crippen molar-refractivity contribution in [3.63, 3.8) is 0 Å². The van der Waals surface area contributed by atoms with Crippen LogP contribution in [0.5, 0.6) is 0 Å². The third-order valence-corrected chi connectivity index (χ3v) is 4.30. The Bertz CT molecular complexity index is 639. The molecule has 1 N–H and O–H groups in total. The van der Waals surface area contributed by atoms with Gasteiger partial charge in [0.15, 0.2) is 5.16 Å². The van der Waals surface area contributed by atoms with E-state index in [0.717, 1.165) is 23.8 Å². The van der Waals surface area contributed by atoms with Gasteiger partial charge in [-0.05, 0) is 12.0 Å². The maximum atomic E-state index is 11.9. The Hall–Kier alpha value is -2.08. The molecule has 5 nitrogen and oxygen atoms in total. The lowest BCUT2D eigenvalue weighted by Gasteiger charge is -2.07. The van der Waals surface area contributed by atoms with Gasteiger partial charge in [0.25, 0.3) is 0 Å². The van der Waals surface area contributed by atoms with Gasteiger partial charge in [0.1, 0.15) is 5.82 Å². The summed E-state index contributed by atoms with van der Waals surface area (Å²) in [7, 11) is 0. The van der Waals surface area contributed by atoms with Crippen molar-refractivity contribution in [2.45, 2.75) is 31.5 Å². The highest BCUT2D eigenvalue weighted by Gasteiger charge is 2.12. The van der Waals surface area contributed by atoms with Crippen LogP contribution in [0.3, 0.4) is 0 Å². The van der Waals surface area contributed by atoms with E-state index in [1.165, 1.54) is 17.3 Å². The molecule has 122 valence electrons. The van der Waals surface area contributed by atoms with E-state index in [2.05, 4.69) is 34.2 Å². The molecule has 0 fully saturated rings. The van der Waals surface area contributed by atoms with Crippen LogP contribution in [0.4, 0.5) is 0 Å². The molecule has 2 aromatic rings. The normalized spacial score (nSPS) is 10.5. The highest BCUT2D eigenvalue weighted by molar-refractivity contribution is 7.99. The van der Waals surface area contributed by atoms with Gasteiger partial charge in [0, 0.05) is 19.5 Å². The summed E-state index contributed by atoms with van der Waals surface area (Å²) in [5.41, 5.74) is 1.22. The fourth-order valence-corrected chi connectivity index (χ4v) is 2.97. The van der Waals surface area contributed by atoms with Gasteiger partial charge >= 0.3 is 0 Å². The number of aryl methyl sites for hydroxylation is 1. The summed E-state index contributed by atoms with van der Waals surface area (Å²) < 4.78 is 1.99. The van der Waals surface area contributed by atoms with Gasteiger partial charge in [0.2, 0.25) is 5.91 Å². The van der Waals surface area contributed by atoms with E-state index < -0.39 is 0 Å². The number of allylic oxidation sites excluding steroid dienone is 1. The predicted octanol–water partition coefficient (Wildman–Crippen LogP) is 2.48. The van der Waals surface area contributed by atoms with Crippen molar-refractivity contribution in [1.82, 2.24) is 20.1 Å². The lowest BCUT2D eigenvalue weighted by atomic mass is 10.1. The van der Waals surface area contributed by atoms with Crippen molar-refractivity contribution >= 4 is 17.7 Å². The zero-order valence-electron chi connectivity index (χ0n) is 13.4. The van der Waals surface area contributed by atoms with Crippen LogP contribution in [0, 0.1) is 0 Å². The molecule has 0 unspecified atom stereocenters. The lowest BCUT2D eigenvalue weighted by molar-refractivity contribution is -0.118. The molecule has 1 aromatic carbocycles. The maximum absolute atomic E-state index is 11.9. The molecule has 0 saturated heterocycles. The molecule has 0 aliphatic carbocycles. The van der Waals surface area contributed by atoms with Crippen LogP contribution in [-0.2, 0) is 24.2 Å². The molecule has 0 saturated carbocycles. The number of benzene rings is 1. The Morgan fingerprint density at radius 1 is 1.35 bits per heavy atom. The zero-order valence-corrected chi connectivity index (χ0v) is 14.2. The maximum Gasteiger partial charge on any atom is 0.230 e. The monoisotopic (exact) mass is 330 g/mol. The number of amides is 1. The molecule has 1 heterocycles. The van der Waals surface area contributed by atoms with Crippen LogP contribution in [0.15, 0.2) is 48.1 Å². The van der Waals surface area contributed by atoms with Gasteiger partial charge in [-0.25, -0.2) is 0 Å². The Kier molecular flexibility index (Phi) is 6.87. The van der Waals surface area contributed by atoms with Crippen LogP contribution in [0.25, 0.3) is 0 Å². The van der Waals surface area contributed by atoms with E-state index >= 15 is 0 Å². The first-order valence-electron chi connectivity index (χ1n) is 7.71. The molecular formula is C17H22N4OS. The number of rotatable bonds is 9. The minimum atomic E-state index is 0.0112. The largest absolute Gasteiger partial charge is 0.355 e. The van der Waals surface area contributed by atoms with Crippen molar-refractivity contribution in [2.75, 3.05) is 12.3 Å². The van der Waals surface area contributed by atoms with Crippen molar-refractivity contribution in [3.8, 4) is 0 Å². The summed E-state index contributed by atoms with van der Waals surface area (Å²) in [6.07, 6.45) is 3.46. The number of nitrogens with zero attached hydrogens (tertiary/aromatic N) is 3. The van der Waals surface area contributed by atoms with E-state index in [9.17, 15) is 4.79 Å². The Morgan fingerprint density at radius 3 is 2.83 bits per heavy atom. The number of hydrogen-bond acceptors (Lipinski definition) is 4. The van der Waals surface area contributed by atoms with Crippen LogP contribution in [-0.4, -0.2) is 33.0 Å². The third kappa shape index (κ3) is 5.25. The number of thioether (sulfide) groups is 1. The second-order valence-electron chi connectivity index (χ2n) is 5.03. The van der Waals surface area contributed by atoms with Crippen LogP contribution < -0.4 is 5.32 Å². The van der Waals surface area contributed by atoms with Gasteiger partial charge in [-0.15, -0.1) is 16.8 Å². The van der Waals surface area contributed by atoms with Gasteiger partial charge in [-0.1, -0.05) is 55.1 Å². The highest BCUT2D eigenvalue weighted by atomic mass is 32.2. The van der Waals surface area contributed by atoms with E-state index in [1.54, 1.807) is 0 Å².